The number of anilines is 1. The van der Waals surface area contributed by atoms with Crippen molar-refractivity contribution < 1.29 is 0 Å². The van der Waals surface area contributed by atoms with Gasteiger partial charge in [-0.25, -0.2) is 0 Å². The predicted octanol–water partition coefficient (Wildman–Crippen LogP) is 3.33. The maximum Gasteiger partial charge on any atom is 0.148 e. The first-order valence-electron chi connectivity index (χ1n) is 6.40. The van der Waals surface area contributed by atoms with E-state index in [1.54, 1.807) is 0 Å². The van der Waals surface area contributed by atoms with E-state index >= 15 is 0 Å². The van der Waals surface area contributed by atoms with Gasteiger partial charge in [-0.05, 0) is 56.0 Å². The van der Waals surface area contributed by atoms with Crippen LogP contribution in [0.1, 0.15) is 24.0 Å². The second-order valence-corrected chi connectivity index (χ2v) is 5.02. The maximum absolute atomic E-state index is 4.29. The summed E-state index contributed by atoms with van der Waals surface area (Å²) in [6.07, 6.45) is 2.50. The average Bonchev–Trinajstić information content (AvgIpc) is 3.18. The molecule has 1 aliphatic rings. The van der Waals surface area contributed by atoms with Crippen molar-refractivity contribution in [3.8, 4) is 11.3 Å². The highest BCUT2D eigenvalue weighted by Gasteiger charge is 2.21. The first-order valence-corrected chi connectivity index (χ1v) is 6.40. The number of rotatable bonds is 3. The fraction of sp³-hybridized carbons (Fsp3) is 0.333. The van der Waals surface area contributed by atoms with Gasteiger partial charge in [0.2, 0.25) is 0 Å². The Hall–Kier alpha value is -1.90. The van der Waals surface area contributed by atoms with E-state index in [0.717, 1.165) is 17.1 Å². The molecule has 1 fully saturated rings. The number of benzene rings is 1. The molecule has 0 radical (unpaired) electrons. The van der Waals surface area contributed by atoms with E-state index < -0.39 is 0 Å². The summed E-state index contributed by atoms with van der Waals surface area (Å²) in [7, 11) is 0. The summed E-state index contributed by atoms with van der Waals surface area (Å²) in [6.45, 7) is 4.24. The molecule has 1 aromatic carbocycles. The van der Waals surface area contributed by atoms with Crippen molar-refractivity contribution >= 4 is 5.82 Å². The van der Waals surface area contributed by atoms with Crippen LogP contribution in [0.15, 0.2) is 30.3 Å². The third-order valence-corrected chi connectivity index (χ3v) is 3.40. The van der Waals surface area contributed by atoms with E-state index in [0.29, 0.717) is 6.04 Å². The number of nitrogens with one attached hydrogen (secondary N) is 1. The van der Waals surface area contributed by atoms with Gasteiger partial charge in [0.1, 0.15) is 5.82 Å². The van der Waals surface area contributed by atoms with Gasteiger partial charge in [-0.3, -0.25) is 0 Å². The Labute approximate surface area is 107 Å². The van der Waals surface area contributed by atoms with Crippen LogP contribution in [0.4, 0.5) is 5.82 Å². The molecule has 0 bridgehead atoms. The zero-order valence-corrected chi connectivity index (χ0v) is 10.8. The summed E-state index contributed by atoms with van der Waals surface area (Å²) in [5.41, 5.74) is 4.65. The first kappa shape index (κ1) is 11.2. The van der Waals surface area contributed by atoms with E-state index in [2.05, 4.69) is 47.6 Å². The Morgan fingerprint density at radius 3 is 2.44 bits per heavy atom. The average molecular weight is 239 g/mol. The molecule has 1 heterocycles. The molecule has 0 unspecified atom stereocenters. The normalized spacial score (nSPS) is 14.6. The summed E-state index contributed by atoms with van der Waals surface area (Å²) in [6, 6.07) is 11.0. The van der Waals surface area contributed by atoms with Gasteiger partial charge in [-0.1, -0.05) is 12.1 Å². The van der Waals surface area contributed by atoms with Crippen LogP contribution in [0, 0.1) is 13.8 Å². The Bertz CT molecular complexity index is 556. The third-order valence-electron chi connectivity index (χ3n) is 3.40. The van der Waals surface area contributed by atoms with Crippen LogP contribution in [0.2, 0.25) is 0 Å². The van der Waals surface area contributed by atoms with Gasteiger partial charge >= 0.3 is 0 Å². The molecule has 92 valence electrons. The lowest BCUT2D eigenvalue weighted by atomic mass is 10.0. The van der Waals surface area contributed by atoms with Gasteiger partial charge in [-0.15, -0.1) is 10.2 Å². The van der Waals surface area contributed by atoms with Crippen molar-refractivity contribution in [1.82, 2.24) is 10.2 Å². The van der Waals surface area contributed by atoms with Crippen LogP contribution < -0.4 is 5.32 Å². The minimum atomic E-state index is 0.617. The fourth-order valence-electron chi connectivity index (χ4n) is 1.90. The highest BCUT2D eigenvalue weighted by atomic mass is 15.2. The molecule has 3 nitrogen and oxygen atoms in total. The number of aryl methyl sites for hydroxylation is 2. The van der Waals surface area contributed by atoms with Crippen molar-refractivity contribution in [2.45, 2.75) is 32.7 Å². The molecular formula is C15H17N3. The fourth-order valence-corrected chi connectivity index (χ4v) is 1.90. The van der Waals surface area contributed by atoms with Gasteiger partial charge < -0.3 is 5.32 Å². The molecule has 2 aromatic rings. The zero-order chi connectivity index (χ0) is 12.5. The van der Waals surface area contributed by atoms with E-state index in [-0.39, 0.29) is 0 Å². The maximum atomic E-state index is 4.29. The van der Waals surface area contributed by atoms with Crippen molar-refractivity contribution in [1.29, 1.82) is 0 Å². The summed E-state index contributed by atoms with van der Waals surface area (Å²) in [5.74, 6) is 0.880. The summed E-state index contributed by atoms with van der Waals surface area (Å²) >= 11 is 0. The Morgan fingerprint density at radius 1 is 1.00 bits per heavy atom. The topological polar surface area (TPSA) is 37.8 Å². The SMILES string of the molecule is Cc1ccc(-c2ccc(NC3CC3)nn2)cc1C. The van der Waals surface area contributed by atoms with Crippen LogP contribution in [0.25, 0.3) is 11.3 Å². The molecule has 0 aliphatic heterocycles. The standard InChI is InChI=1S/C15H17N3/c1-10-3-4-12(9-11(10)2)14-7-8-15(18-17-14)16-13-5-6-13/h3-4,7-9,13H,5-6H2,1-2H3,(H,16,18). The van der Waals surface area contributed by atoms with Gasteiger partial charge in [0.25, 0.3) is 0 Å². The van der Waals surface area contributed by atoms with Crippen LogP contribution >= 0.6 is 0 Å². The monoisotopic (exact) mass is 239 g/mol. The molecule has 1 aromatic heterocycles. The quantitative estimate of drug-likeness (QED) is 0.892. The lowest BCUT2D eigenvalue weighted by Gasteiger charge is -2.06. The van der Waals surface area contributed by atoms with Crippen molar-refractivity contribution in [3.63, 3.8) is 0 Å². The number of aromatic nitrogens is 2. The third kappa shape index (κ3) is 2.35. The van der Waals surface area contributed by atoms with E-state index in [1.165, 1.54) is 24.0 Å². The Kier molecular flexibility index (Phi) is 2.74. The highest BCUT2D eigenvalue weighted by Crippen LogP contribution is 2.24. The van der Waals surface area contributed by atoms with E-state index in [4.69, 9.17) is 0 Å². The molecule has 0 spiro atoms. The van der Waals surface area contributed by atoms with E-state index in [1.807, 2.05) is 12.1 Å². The molecule has 0 atom stereocenters. The van der Waals surface area contributed by atoms with Gasteiger partial charge in [-0.2, -0.15) is 0 Å². The number of hydrogen-bond acceptors (Lipinski definition) is 3. The van der Waals surface area contributed by atoms with Gasteiger partial charge in [0, 0.05) is 11.6 Å². The Morgan fingerprint density at radius 2 is 1.83 bits per heavy atom. The molecule has 3 heteroatoms. The van der Waals surface area contributed by atoms with Gasteiger partial charge in [0.15, 0.2) is 0 Å². The predicted molar refractivity (Wildman–Crippen MR) is 73.6 cm³/mol. The van der Waals surface area contributed by atoms with Crippen LogP contribution in [-0.4, -0.2) is 16.2 Å². The number of hydrogen-bond donors (Lipinski definition) is 1. The molecule has 0 saturated heterocycles. The largest absolute Gasteiger partial charge is 0.366 e. The molecular weight excluding hydrogens is 222 g/mol. The highest BCUT2D eigenvalue weighted by molar-refractivity contribution is 5.61. The minimum Gasteiger partial charge on any atom is -0.366 e. The smallest absolute Gasteiger partial charge is 0.148 e. The Balaban J connectivity index is 1.84. The molecule has 0 amide bonds. The second-order valence-electron chi connectivity index (χ2n) is 5.02. The molecule has 1 saturated carbocycles. The molecule has 1 N–H and O–H groups in total. The van der Waals surface area contributed by atoms with E-state index in [9.17, 15) is 0 Å². The minimum absolute atomic E-state index is 0.617. The molecule has 3 rings (SSSR count). The molecule has 1 aliphatic carbocycles. The summed E-state index contributed by atoms with van der Waals surface area (Å²) in [4.78, 5) is 0. The van der Waals surface area contributed by atoms with Crippen molar-refractivity contribution in [2.75, 3.05) is 5.32 Å². The van der Waals surface area contributed by atoms with Crippen LogP contribution in [0.5, 0.6) is 0 Å². The molecule has 18 heavy (non-hydrogen) atoms. The second kappa shape index (κ2) is 4.41. The van der Waals surface area contributed by atoms with Gasteiger partial charge in [0.05, 0.1) is 5.69 Å². The first-order chi connectivity index (χ1) is 8.72. The van der Waals surface area contributed by atoms with Crippen LogP contribution in [0.3, 0.4) is 0 Å². The summed E-state index contributed by atoms with van der Waals surface area (Å²) in [5, 5.41) is 11.9. The van der Waals surface area contributed by atoms with Crippen LogP contribution in [-0.2, 0) is 0 Å². The number of nitrogens with zero attached hydrogens (tertiary/aromatic N) is 2. The van der Waals surface area contributed by atoms with Crippen molar-refractivity contribution in [2.24, 2.45) is 0 Å². The lowest BCUT2D eigenvalue weighted by molar-refractivity contribution is 1.00. The lowest BCUT2D eigenvalue weighted by Crippen LogP contribution is -2.03. The van der Waals surface area contributed by atoms with Crippen molar-refractivity contribution in [3.05, 3.63) is 41.5 Å². The zero-order valence-electron chi connectivity index (χ0n) is 10.8. The summed E-state index contributed by atoms with van der Waals surface area (Å²) < 4.78 is 0.